The molecule has 3 nitrogen and oxygen atoms in total. The van der Waals surface area contributed by atoms with Crippen LogP contribution in [0.2, 0.25) is 0 Å². The van der Waals surface area contributed by atoms with Crippen molar-refractivity contribution in [1.82, 2.24) is 5.32 Å². The van der Waals surface area contributed by atoms with E-state index in [2.05, 4.69) is 21.2 Å². The van der Waals surface area contributed by atoms with E-state index in [0.717, 1.165) is 15.7 Å². The van der Waals surface area contributed by atoms with E-state index in [9.17, 15) is 4.79 Å². The minimum Gasteiger partial charge on any atom is -0.334 e. The van der Waals surface area contributed by atoms with Crippen molar-refractivity contribution in [2.75, 3.05) is 11.9 Å². The molecule has 2 aromatic carbocycles. The zero-order chi connectivity index (χ0) is 13.7. The Kier molecular flexibility index (Phi) is 4.58. The number of urea groups is 1. The molecule has 19 heavy (non-hydrogen) atoms. The fourth-order valence-electron chi connectivity index (χ4n) is 1.70. The number of hydrogen-bond donors (Lipinski definition) is 1. The number of nitrogens with zero attached hydrogens (tertiary/aromatic N) is 1. The second-order valence-electron chi connectivity index (χ2n) is 4.14. The van der Waals surface area contributed by atoms with Crippen molar-refractivity contribution in [2.24, 2.45) is 0 Å². The first-order valence-electron chi connectivity index (χ1n) is 5.98. The van der Waals surface area contributed by atoms with Crippen LogP contribution >= 0.6 is 15.9 Å². The van der Waals surface area contributed by atoms with Crippen LogP contribution in [-0.2, 0) is 6.54 Å². The van der Waals surface area contributed by atoms with Crippen molar-refractivity contribution in [2.45, 2.75) is 6.54 Å². The minimum atomic E-state index is -0.123. The molecule has 0 bridgehead atoms. The van der Waals surface area contributed by atoms with E-state index < -0.39 is 0 Å². The van der Waals surface area contributed by atoms with Gasteiger partial charge in [0.05, 0.1) is 0 Å². The number of rotatable bonds is 3. The van der Waals surface area contributed by atoms with Crippen LogP contribution in [0.1, 0.15) is 5.56 Å². The Labute approximate surface area is 121 Å². The van der Waals surface area contributed by atoms with Gasteiger partial charge in [0.25, 0.3) is 0 Å². The second kappa shape index (κ2) is 6.38. The maximum absolute atomic E-state index is 12.0. The van der Waals surface area contributed by atoms with Gasteiger partial charge in [-0.2, -0.15) is 0 Å². The number of nitrogens with one attached hydrogen (secondary N) is 1. The lowest BCUT2D eigenvalue weighted by Gasteiger charge is -2.18. The van der Waals surface area contributed by atoms with Crippen molar-refractivity contribution in [3.63, 3.8) is 0 Å². The average molecular weight is 319 g/mol. The van der Waals surface area contributed by atoms with E-state index in [4.69, 9.17) is 0 Å². The van der Waals surface area contributed by atoms with Crippen LogP contribution in [-0.4, -0.2) is 13.1 Å². The summed E-state index contributed by atoms with van der Waals surface area (Å²) in [6.07, 6.45) is 0. The summed E-state index contributed by atoms with van der Waals surface area (Å²) in [6.45, 7) is 0.497. The van der Waals surface area contributed by atoms with Crippen LogP contribution in [0.25, 0.3) is 0 Å². The lowest BCUT2D eigenvalue weighted by atomic mass is 10.2. The van der Waals surface area contributed by atoms with Gasteiger partial charge in [0.2, 0.25) is 0 Å². The Morgan fingerprint density at radius 2 is 1.74 bits per heavy atom. The maximum atomic E-state index is 12.0. The molecular weight excluding hydrogens is 304 g/mol. The van der Waals surface area contributed by atoms with Crippen LogP contribution < -0.4 is 10.2 Å². The van der Waals surface area contributed by atoms with Gasteiger partial charge in [-0.25, -0.2) is 4.79 Å². The molecule has 0 aromatic heterocycles. The monoisotopic (exact) mass is 318 g/mol. The largest absolute Gasteiger partial charge is 0.334 e. The van der Waals surface area contributed by atoms with Crippen LogP contribution in [0.4, 0.5) is 10.5 Å². The predicted molar refractivity (Wildman–Crippen MR) is 81.2 cm³/mol. The summed E-state index contributed by atoms with van der Waals surface area (Å²) in [5.41, 5.74) is 1.92. The summed E-state index contributed by atoms with van der Waals surface area (Å²) in [5.74, 6) is 0. The summed E-state index contributed by atoms with van der Waals surface area (Å²) in [4.78, 5) is 13.6. The Morgan fingerprint density at radius 3 is 2.42 bits per heavy atom. The third-order valence-corrected chi connectivity index (χ3v) is 3.61. The van der Waals surface area contributed by atoms with E-state index in [-0.39, 0.29) is 6.03 Å². The molecule has 2 rings (SSSR count). The molecule has 0 fully saturated rings. The minimum absolute atomic E-state index is 0.123. The molecular formula is C15H15BrN2O. The first kappa shape index (κ1) is 13.6. The molecule has 98 valence electrons. The molecule has 0 aliphatic carbocycles. The average Bonchev–Trinajstić information content (AvgIpc) is 2.46. The number of amides is 2. The van der Waals surface area contributed by atoms with Crippen LogP contribution in [0.3, 0.4) is 0 Å². The van der Waals surface area contributed by atoms with Gasteiger partial charge in [-0.3, -0.25) is 4.90 Å². The Balaban J connectivity index is 1.97. The predicted octanol–water partition coefficient (Wildman–Crippen LogP) is 3.80. The number of carbonyl (C=O) groups excluding carboxylic acids is 1. The Morgan fingerprint density at radius 1 is 1.11 bits per heavy atom. The number of benzene rings is 2. The van der Waals surface area contributed by atoms with Crippen molar-refractivity contribution >= 4 is 27.6 Å². The van der Waals surface area contributed by atoms with Crippen LogP contribution in [0.15, 0.2) is 59.1 Å². The number of para-hydroxylation sites is 1. The van der Waals surface area contributed by atoms with Crippen LogP contribution in [0, 0.1) is 0 Å². The third kappa shape index (κ3) is 3.58. The molecule has 2 aromatic rings. The van der Waals surface area contributed by atoms with Gasteiger partial charge < -0.3 is 5.32 Å². The summed E-state index contributed by atoms with van der Waals surface area (Å²) in [7, 11) is 1.75. The fourth-order valence-corrected chi connectivity index (χ4v) is 2.13. The molecule has 0 saturated carbocycles. The Hall–Kier alpha value is -1.81. The van der Waals surface area contributed by atoms with E-state index in [1.54, 1.807) is 11.9 Å². The molecule has 0 spiro atoms. The molecule has 1 N–H and O–H groups in total. The quantitative estimate of drug-likeness (QED) is 0.917. The molecule has 0 radical (unpaired) electrons. The molecule has 0 aliphatic heterocycles. The maximum Gasteiger partial charge on any atom is 0.321 e. The molecule has 0 heterocycles. The topological polar surface area (TPSA) is 32.3 Å². The summed E-state index contributed by atoms with van der Waals surface area (Å²) in [5, 5.41) is 2.90. The first-order valence-corrected chi connectivity index (χ1v) is 6.78. The van der Waals surface area contributed by atoms with Crippen LogP contribution in [0.5, 0.6) is 0 Å². The molecule has 0 atom stereocenters. The normalized spacial score (nSPS) is 10.0. The highest BCUT2D eigenvalue weighted by atomic mass is 79.9. The van der Waals surface area contributed by atoms with Gasteiger partial charge >= 0.3 is 6.03 Å². The standard InChI is InChI=1S/C15H15BrN2O/c1-18(13-8-3-2-4-9-13)15(19)17-11-12-7-5-6-10-14(12)16/h2-10H,11H2,1H3,(H,17,19). The number of hydrogen-bond acceptors (Lipinski definition) is 1. The van der Waals surface area contributed by atoms with Crippen molar-refractivity contribution in [3.8, 4) is 0 Å². The summed E-state index contributed by atoms with van der Waals surface area (Å²) >= 11 is 3.46. The number of carbonyl (C=O) groups is 1. The number of anilines is 1. The van der Waals surface area contributed by atoms with E-state index >= 15 is 0 Å². The molecule has 0 aliphatic rings. The van der Waals surface area contributed by atoms with Gasteiger partial charge in [0.15, 0.2) is 0 Å². The van der Waals surface area contributed by atoms with Gasteiger partial charge in [-0.05, 0) is 23.8 Å². The molecule has 4 heteroatoms. The highest BCUT2D eigenvalue weighted by Gasteiger charge is 2.10. The highest BCUT2D eigenvalue weighted by molar-refractivity contribution is 9.10. The van der Waals surface area contributed by atoms with E-state index in [1.165, 1.54) is 0 Å². The SMILES string of the molecule is CN(C(=O)NCc1ccccc1Br)c1ccccc1. The molecule has 0 saturated heterocycles. The lowest BCUT2D eigenvalue weighted by molar-refractivity contribution is 0.247. The highest BCUT2D eigenvalue weighted by Crippen LogP contribution is 2.16. The van der Waals surface area contributed by atoms with E-state index in [1.807, 2.05) is 54.6 Å². The third-order valence-electron chi connectivity index (χ3n) is 2.84. The molecule has 0 unspecified atom stereocenters. The summed E-state index contributed by atoms with van der Waals surface area (Å²) in [6, 6.07) is 17.3. The fraction of sp³-hybridized carbons (Fsp3) is 0.133. The van der Waals surface area contributed by atoms with Gasteiger partial charge in [-0.15, -0.1) is 0 Å². The molecule has 2 amide bonds. The van der Waals surface area contributed by atoms with Gasteiger partial charge in [-0.1, -0.05) is 52.3 Å². The van der Waals surface area contributed by atoms with Gasteiger partial charge in [0.1, 0.15) is 0 Å². The second-order valence-corrected chi connectivity index (χ2v) is 5.00. The zero-order valence-electron chi connectivity index (χ0n) is 10.6. The smallest absolute Gasteiger partial charge is 0.321 e. The summed E-state index contributed by atoms with van der Waals surface area (Å²) < 4.78 is 0.998. The van der Waals surface area contributed by atoms with E-state index in [0.29, 0.717) is 6.54 Å². The number of halogens is 1. The first-order chi connectivity index (χ1) is 9.18. The van der Waals surface area contributed by atoms with Crippen molar-refractivity contribution in [3.05, 3.63) is 64.6 Å². The van der Waals surface area contributed by atoms with Crippen molar-refractivity contribution < 1.29 is 4.79 Å². The van der Waals surface area contributed by atoms with Gasteiger partial charge in [0, 0.05) is 23.8 Å². The zero-order valence-corrected chi connectivity index (χ0v) is 12.2. The lowest BCUT2D eigenvalue weighted by Crippen LogP contribution is -2.36. The van der Waals surface area contributed by atoms with Crippen molar-refractivity contribution in [1.29, 1.82) is 0 Å². The Bertz CT molecular complexity index is 557.